The largest absolute Gasteiger partial charge is 0.494 e. The molecule has 0 spiro atoms. The van der Waals surface area contributed by atoms with E-state index >= 15 is 0 Å². The monoisotopic (exact) mass is 391 g/mol. The van der Waals surface area contributed by atoms with Gasteiger partial charge in [0.1, 0.15) is 5.75 Å². The summed E-state index contributed by atoms with van der Waals surface area (Å²) >= 11 is 3.41. The lowest BCUT2D eigenvalue weighted by atomic mass is 10.3. The van der Waals surface area contributed by atoms with E-state index in [1.54, 1.807) is 0 Å². The quantitative estimate of drug-likeness (QED) is 0.331. The number of hydrazine groups is 1. The second kappa shape index (κ2) is 9.82. The number of carbonyl (C=O) groups is 1. The Labute approximate surface area is 150 Å². The number of amides is 1. The molecule has 0 aromatic heterocycles. The fourth-order valence-electron chi connectivity index (χ4n) is 2.01. The maximum absolute atomic E-state index is 11.0. The lowest BCUT2D eigenvalue weighted by Crippen LogP contribution is -2.09. The van der Waals surface area contributed by atoms with Gasteiger partial charge in [0.15, 0.2) is 0 Å². The number of halogens is 1. The van der Waals surface area contributed by atoms with Crippen LogP contribution in [0.2, 0.25) is 0 Å². The van der Waals surface area contributed by atoms with Crippen LogP contribution in [0.4, 0.5) is 17.1 Å². The van der Waals surface area contributed by atoms with E-state index in [1.807, 2.05) is 48.5 Å². The Kier molecular flexibility index (Phi) is 7.42. The number of anilines is 3. The number of ether oxygens (including phenoxy) is 1. The minimum Gasteiger partial charge on any atom is -0.494 e. The number of hydrogen-bond acceptors (Lipinski definition) is 4. The van der Waals surface area contributed by atoms with Crippen LogP contribution < -0.4 is 20.9 Å². The number of unbranched alkanes of at least 4 members (excludes halogenated alkanes) is 1. The lowest BCUT2D eigenvalue weighted by Gasteiger charge is -2.11. The SMILES string of the molecule is CC(=O)Nc1ccc(NNc2ccc(OCCCCBr)cc2)cc1. The standard InChI is InChI=1S/C18H22BrN3O2/c1-14(23)20-15-4-6-16(7-5-15)21-22-17-8-10-18(11-9-17)24-13-3-2-12-19/h4-11,21-22H,2-3,12-13H2,1H3,(H,20,23). The van der Waals surface area contributed by atoms with Crippen LogP contribution in [0.25, 0.3) is 0 Å². The first-order valence-electron chi connectivity index (χ1n) is 7.86. The van der Waals surface area contributed by atoms with Crippen LogP contribution in [0.1, 0.15) is 19.8 Å². The fraction of sp³-hybridized carbons (Fsp3) is 0.278. The number of rotatable bonds is 9. The van der Waals surface area contributed by atoms with Crippen LogP contribution in [0, 0.1) is 0 Å². The van der Waals surface area contributed by atoms with E-state index in [0.717, 1.165) is 47.6 Å². The Hall–Kier alpha value is -2.21. The van der Waals surface area contributed by atoms with E-state index in [0.29, 0.717) is 0 Å². The van der Waals surface area contributed by atoms with E-state index < -0.39 is 0 Å². The summed E-state index contributed by atoms with van der Waals surface area (Å²) in [5.74, 6) is 0.790. The van der Waals surface area contributed by atoms with E-state index in [1.165, 1.54) is 6.92 Å². The number of nitrogens with one attached hydrogen (secondary N) is 3. The number of hydrogen-bond donors (Lipinski definition) is 3. The average molecular weight is 392 g/mol. The van der Waals surface area contributed by atoms with E-state index in [4.69, 9.17) is 4.74 Å². The summed E-state index contributed by atoms with van der Waals surface area (Å²) in [4.78, 5) is 11.0. The third-order valence-electron chi connectivity index (χ3n) is 3.21. The molecule has 0 atom stereocenters. The minimum atomic E-state index is -0.0802. The van der Waals surface area contributed by atoms with Gasteiger partial charge in [0.05, 0.1) is 18.0 Å². The Balaban J connectivity index is 1.78. The molecule has 0 saturated heterocycles. The van der Waals surface area contributed by atoms with Gasteiger partial charge in [-0.25, -0.2) is 0 Å². The van der Waals surface area contributed by atoms with E-state index in [-0.39, 0.29) is 5.91 Å². The van der Waals surface area contributed by atoms with Crippen LogP contribution in [-0.4, -0.2) is 17.8 Å². The second-order valence-corrected chi connectivity index (χ2v) is 6.07. The Morgan fingerprint density at radius 1 is 0.917 bits per heavy atom. The van der Waals surface area contributed by atoms with Crippen molar-refractivity contribution in [3.8, 4) is 5.75 Å². The van der Waals surface area contributed by atoms with Gasteiger partial charge in [-0.1, -0.05) is 15.9 Å². The highest BCUT2D eigenvalue weighted by molar-refractivity contribution is 9.09. The van der Waals surface area contributed by atoms with Crippen molar-refractivity contribution in [2.45, 2.75) is 19.8 Å². The molecule has 0 heterocycles. The summed E-state index contributed by atoms with van der Waals surface area (Å²) in [6, 6.07) is 15.3. The summed E-state index contributed by atoms with van der Waals surface area (Å²) in [7, 11) is 0. The zero-order chi connectivity index (χ0) is 17.2. The highest BCUT2D eigenvalue weighted by atomic mass is 79.9. The van der Waals surface area contributed by atoms with Crippen LogP contribution >= 0.6 is 15.9 Å². The zero-order valence-corrected chi connectivity index (χ0v) is 15.2. The molecule has 5 nitrogen and oxygen atoms in total. The molecule has 3 N–H and O–H groups in total. The molecule has 0 fully saturated rings. The number of carbonyl (C=O) groups excluding carboxylic acids is 1. The van der Waals surface area contributed by atoms with Crippen molar-refractivity contribution in [1.82, 2.24) is 0 Å². The maximum Gasteiger partial charge on any atom is 0.221 e. The van der Waals surface area contributed by atoms with Crippen molar-refractivity contribution in [2.75, 3.05) is 28.1 Å². The molecule has 0 radical (unpaired) electrons. The normalized spacial score (nSPS) is 10.1. The van der Waals surface area contributed by atoms with Crippen LogP contribution in [0.3, 0.4) is 0 Å². The van der Waals surface area contributed by atoms with Crippen molar-refractivity contribution < 1.29 is 9.53 Å². The summed E-state index contributed by atoms with van der Waals surface area (Å²) in [6.45, 7) is 2.22. The highest BCUT2D eigenvalue weighted by Crippen LogP contribution is 2.18. The Morgan fingerprint density at radius 2 is 1.46 bits per heavy atom. The summed E-state index contributed by atoms with van der Waals surface area (Å²) in [5.41, 5.74) is 8.85. The summed E-state index contributed by atoms with van der Waals surface area (Å²) in [5, 5.41) is 3.74. The average Bonchev–Trinajstić information content (AvgIpc) is 2.59. The molecule has 6 heteroatoms. The smallest absolute Gasteiger partial charge is 0.221 e. The molecule has 2 aromatic rings. The van der Waals surface area contributed by atoms with E-state index in [9.17, 15) is 4.79 Å². The van der Waals surface area contributed by atoms with Crippen LogP contribution in [0.15, 0.2) is 48.5 Å². The van der Waals surface area contributed by atoms with Gasteiger partial charge in [-0.2, -0.15) is 0 Å². The predicted octanol–water partition coefficient (Wildman–Crippen LogP) is 4.64. The van der Waals surface area contributed by atoms with Crippen molar-refractivity contribution in [3.05, 3.63) is 48.5 Å². The lowest BCUT2D eigenvalue weighted by molar-refractivity contribution is -0.114. The van der Waals surface area contributed by atoms with Gasteiger partial charge in [0.25, 0.3) is 0 Å². The van der Waals surface area contributed by atoms with Crippen LogP contribution in [0.5, 0.6) is 5.75 Å². The Morgan fingerprint density at radius 3 is 2.00 bits per heavy atom. The first-order valence-corrected chi connectivity index (χ1v) is 8.98. The van der Waals surface area contributed by atoms with Crippen molar-refractivity contribution in [3.63, 3.8) is 0 Å². The summed E-state index contributed by atoms with van der Waals surface area (Å²) in [6.07, 6.45) is 2.16. The molecule has 0 bridgehead atoms. The van der Waals surface area contributed by atoms with Gasteiger partial charge >= 0.3 is 0 Å². The molecule has 1 amide bonds. The molecule has 0 aliphatic heterocycles. The van der Waals surface area contributed by atoms with Gasteiger partial charge in [-0.3, -0.25) is 4.79 Å². The molecule has 24 heavy (non-hydrogen) atoms. The highest BCUT2D eigenvalue weighted by Gasteiger charge is 1.98. The molecule has 0 aliphatic rings. The van der Waals surface area contributed by atoms with Gasteiger partial charge in [0, 0.05) is 17.9 Å². The maximum atomic E-state index is 11.0. The van der Waals surface area contributed by atoms with Gasteiger partial charge in [-0.15, -0.1) is 0 Å². The molecular formula is C18H22BrN3O2. The predicted molar refractivity (Wildman–Crippen MR) is 103 cm³/mol. The fourth-order valence-corrected chi connectivity index (χ4v) is 2.40. The molecule has 0 saturated carbocycles. The molecule has 128 valence electrons. The second-order valence-electron chi connectivity index (χ2n) is 5.28. The van der Waals surface area contributed by atoms with Crippen molar-refractivity contribution in [1.29, 1.82) is 0 Å². The van der Waals surface area contributed by atoms with Gasteiger partial charge in [-0.05, 0) is 61.4 Å². The molecular weight excluding hydrogens is 370 g/mol. The van der Waals surface area contributed by atoms with Crippen molar-refractivity contribution >= 4 is 38.9 Å². The number of alkyl halides is 1. The number of benzene rings is 2. The Bertz CT molecular complexity index is 630. The third kappa shape index (κ3) is 6.50. The molecule has 2 aromatic carbocycles. The third-order valence-corrected chi connectivity index (χ3v) is 3.77. The zero-order valence-electron chi connectivity index (χ0n) is 13.6. The molecule has 2 rings (SSSR count). The molecule has 0 unspecified atom stereocenters. The summed E-state index contributed by atoms with van der Waals surface area (Å²) < 4.78 is 5.67. The topological polar surface area (TPSA) is 62.4 Å². The minimum absolute atomic E-state index is 0.0802. The van der Waals surface area contributed by atoms with Crippen LogP contribution in [-0.2, 0) is 4.79 Å². The molecule has 0 aliphatic carbocycles. The van der Waals surface area contributed by atoms with Gasteiger partial charge in [0.2, 0.25) is 5.91 Å². The first-order chi connectivity index (χ1) is 11.7. The van der Waals surface area contributed by atoms with Gasteiger partial charge < -0.3 is 20.9 Å². The van der Waals surface area contributed by atoms with E-state index in [2.05, 4.69) is 32.1 Å². The van der Waals surface area contributed by atoms with Crippen molar-refractivity contribution in [2.24, 2.45) is 0 Å². The first kappa shape index (κ1) is 18.1.